The second-order valence-corrected chi connectivity index (χ2v) is 6.66. The van der Waals surface area contributed by atoms with E-state index in [0.717, 1.165) is 5.56 Å². The van der Waals surface area contributed by atoms with Gasteiger partial charge in [0.1, 0.15) is 12.4 Å². The van der Waals surface area contributed by atoms with Gasteiger partial charge in [0.25, 0.3) is 0 Å². The Bertz CT molecular complexity index is 699. The van der Waals surface area contributed by atoms with Crippen LogP contribution in [-0.4, -0.2) is 21.6 Å². The van der Waals surface area contributed by atoms with E-state index in [1.165, 1.54) is 0 Å². The molecule has 0 aliphatic rings. The predicted molar refractivity (Wildman–Crippen MR) is 83.3 cm³/mol. The Labute approximate surface area is 129 Å². The van der Waals surface area contributed by atoms with Gasteiger partial charge in [-0.15, -0.1) is 0 Å². The Morgan fingerprint density at radius 3 is 2.43 bits per heavy atom. The molecule has 4 nitrogen and oxygen atoms in total. The summed E-state index contributed by atoms with van der Waals surface area (Å²) in [6.07, 6.45) is 0. The minimum Gasteiger partial charge on any atom is -0.491 e. The van der Waals surface area contributed by atoms with Gasteiger partial charge in [0.2, 0.25) is 10.0 Å². The quantitative estimate of drug-likeness (QED) is 0.831. The van der Waals surface area contributed by atoms with Crippen molar-refractivity contribution in [3.05, 3.63) is 59.1 Å². The van der Waals surface area contributed by atoms with E-state index in [2.05, 4.69) is 4.72 Å². The maximum Gasteiger partial charge on any atom is 0.240 e. The lowest BCUT2D eigenvalue weighted by atomic mass is 10.2. The minimum atomic E-state index is -3.50. The average molecular weight is 326 g/mol. The van der Waals surface area contributed by atoms with Gasteiger partial charge in [0, 0.05) is 6.54 Å². The number of para-hydroxylation sites is 1. The maximum atomic E-state index is 12.0. The Morgan fingerprint density at radius 2 is 1.76 bits per heavy atom. The van der Waals surface area contributed by atoms with E-state index in [1.54, 1.807) is 48.5 Å². The topological polar surface area (TPSA) is 55.4 Å². The van der Waals surface area contributed by atoms with Crippen LogP contribution in [0.5, 0.6) is 5.75 Å². The standard InChI is InChI=1S/C15H16ClNO3S/c1-12-6-8-13(9-7-12)21(18,19)17-10-11-20-15-5-3-2-4-14(15)16/h2-9,17H,10-11H2,1H3. The fourth-order valence-corrected chi connectivity index (χ4v) is 2.90. The molecule has 2 aromatic carbocycles. The molecular weight excluding hydrogens is 310 g/mol. The molecular formula is C15H16ClNO3S. The third-order valence-electron chi connectivity index (χ3n) is 2.82. The SMILES string of the molecule is Cc1ccc(S(=O)(=O)NCCOc2ccccc2Cl)cc1. The summed E-state index contributed by atoms with van der Waals surface area (Å²) in [5.41, 5.74) is 1.01. The summed E-state index contributed by atoms with van der Waals surface area (Å²) < 4.78 is 32.0. The van der Waals surface area contributed by atoms with Crippen molar-refractivity contribution >= 4 is 21.6 Å². The molecule has 0 unspecified atom stereocenters. The number of hydrogen-bond donors (Lipinski definition) is 1. The van der Waals surface area contributed by atoms with Gasteiger partial charge < -0.3 is 4.74 Å². The monoisotopic (exact) mass is 325 g/mol. The molecule has 0 heterocycles. The molecule has 112 valence electrons. The van der Waals surface area contributed by atoms with Crippen LogP contribution in [-0.2, 0) is 10.0 Å². The molecule has 0 saturated carbocycles. The van der Waals surface area contributed by atoms with Gasteiger partial charge in [-0.05, 0) is 31.2 Å². The van der Waals surface area contributed by atoms with E-state index in [4.69, 9.17) is 16.3 Å². The molecule has 0 amide bonds. The van der Waals surface area contributed by atoms with Gasteiger partial charge >= 0.3 is 0 Å². The predicted octanol–water partition coefficient (Wildman–Crippen LogP) is 3.01. The van der Waals surface area contributed by atoms with Gasteiger partial charge in [0.05, 0.1) is 9.92 Å². The summed E-state index contributed by atoms with van der Waals surface area (Å²) >= 11 is 5.94. The van der Waals surface area contributed by atoms with Crippen LogP contribution in [0.15, 0.2) is 53.4 Å². The summed E-state index contributed by atoms with van der Waals surface area (Å²) in [5.74, 6) is 0.536. The van der Waals surface area contributed by atoms with Crippen molar-refractivity contribution < 1.29 is 13.2 Å². The zero-order valence-corrected chi connectivity index (χ0v) is 13.1. The molecule has 0 atom stereocenters. The van der Waals surface area contributed by atoms with Gasteiger partial charge in [-0.2, -0.15) is 0 Å². The van der Waals surface area contributed by atoms with Crippen LogP contribution < -0.4 is 9.46 Å². The summed E-state index contributed by atoms with van der Waals surface area (Å²) in [5, 5.41) is 0.499. The van der Waals surface area contributed by atoms with Crippen LogP contribution in [0.4, 0.5) is 0 Å². The van der Waals surface area contributed by atoms with Crippen LogP contribution in [0.3, 0.4) is 0 Å². The Kier molecular flexibility index (Phi) is 5.22. The van der Waals surface area contributed by atoms with Crippen molar-refractivity contribution in [3.63, 3.8) is 0 Å². The maximum absolute atomic E-state index is 12.0. The number of rotatable bonds is 6. The fraction of sp³-hybridized carbons (Fsp3) is 0.200. The number of hydrogen-bond acceptors (Lipinski definition) is 3. The lowest BCUT2D eigenvalue weighted by Crippen LogP contribution is -2.28. The van der Waals surface area contributed by atoms with E-state index >= 15 is 0 Å². The number of benzene rings is 2. The first kappa shape index (κ1) is 15.8. The van der Waals surface area contributed by atoms with E-state index in [-0.39, 0.29) is 18.0 Å². The highest BCUT2D eigenvalue weighted by Gasteiger charge is 2.12. The smallest absolute Gasteiger partial charge is 0.240 e. The van der Waals surface area contributed by atoms with Crippen LogP contribution in [0.25, 0.3) is 0 Å². The minimum absolute atomic E-state index is 0.168. The zero-order chi connectivity index (χ0) is 15.3. The molecule has 2 aromatic rings. The van der Waals surface area contributed by atoms with Crippen LogP contribution in [0, 0.1) is 6.92 Å². The number of ether oxygens (including phenoxy) is 1. The highest BCUT2D eigenvalue weighted by atomic mass is 35.5. The highest BCUT2D eigenvalue weighted by Crippen LogP contribution is 2.22. The van der Waals surface area contributed by atoms with Crippen LogP contribution >= 0.6 is 11.6 Å². The van der Waals surface area contributed by atoms with Gasteiger partial charge in [-0.3, -0.25) is 0 Å². The summed E-state index contributed by atoms with van der Waals surface area (Å²) in [6, 6.07) is 13.7. The second-order valence-electron chi connectivity index (χ2n) is 4.49. The molecule has 0 saturated heterocycles. The van der Waals surface area contributed by atoms with E-state index in [1.807, 2.05) is 6.92 Å². The molecule has 0 spiro atoms. The van der Waals surface area contributed by atoms with Crippen molar-refractivity contribution in [1.29, 1.82) is 0 Å². The first-order valence-corrected chi connectivity index (χ1v) is 8.29. The lowest BCUT2D eigenvalue weighted by molar-refractivity contribution is 0.323. The third-order valence-corrected chi connectivity index (χ3v) is 4.61. The highest BCUT2D eigenvalue weighted by molar-refractivity contribution is 7.89. The van der Waals surface area contributed by atoms with Crippen molar-refractivity contribution in [2.45, 2.75) is 11.8 Å². The summed E-state index contributed by atoms with van der Waals surface area (Å²) in [6.45, 7) is 2.28. The molecule has 0 aliphatic carbocycles. The normalized spacial score (nSPS) is 11.3. The van der Waals surface area contributed by atoms with E-state index < -0.39 is 10.0 Å². The largest absolute Gasteiger partial charge is 0.491 e. The first-order valence-electron chi connectivity index (χ1n) is 6.43. The van der Waals surface area contributed by atoms with Crippen molar-refractivity contribution in [2.75, 3.05) is 13.2 Å². The van der Waals surface area contributed by atoms with Crippen molar-refractivity contribution in [2.24, 2.45) is 0 Å². The summed E-state index contributed by atoms with van der Waals surface area (Å²) in [4.78, 5) is 0.242. The first-order chi connectivity index (χ1) is 9.99. The summed E-state index contributed by atoms with van der Waals surface area (Å²) in [7, 11) is -3.50. The van der Waals surface area contributed by atoms with Crippen molar-refractivity contribution in [3.8, 4) is 5.75 Å². The van der Waals surface area contributed by atoms with Gasteiger partial charge in [0.15, 0.2) is 0 Å². The molecule has 6 heteroatoms. The van der Waals surface area contributed by atoms with E-state index in [9.17, 15) is 8.42 Å². The number of nitrogens with one attached hydrogen (secondary N) is 1. The van der Waals surface area contributed by atoms with Crippen LogP contribution in [0.2, 0.25) is 5.02 Å². The second kappa shape index (κ2) is 6.93. The number of halogens is 1. The zero-order valence-electron chi connectivity index (χ0n) is 11.5. The molecule has 21 heavy (non-hydrogen) atoms. The number of sulfonamides is 1. The van der Waals surface area contributed by atoms with Crippen molar-refractivity contribution in [1.82, 2.24) is 4.72 Å². The molecule has 1 N–H and O–H groups in total. The Morgan fingerprint density at radius 1 is 1.10 bits per heavy atom. The third kappa shape index (κ3) is 4.46. The van der Waals surface area contributed by atoms with Gasteiger partial charge in [-0.1, -0.05) is 41.4 Å². The molecule has 2 rings (SSSR count). The van der Waals surface area contributed by atoms with Crippen LogP contribution in [0.1, 0.15) is 5.56 Å². The average Bonchev–Trinajstić information content (AvgIpc) is 2.46. The van der Waals surface area contributed by atoms with Gasteiger partial charge in [-0.25, -0.2) is 13.1 Å². The molecule has 0 aliphatic heterocycles. The molecule has 0 radical (unpaired) electrons. The Hall–Kier alpha value is -1.56. The molecule has 0 fully saturated rings. The molecule has 0 aromatic heterocycles. The lowest BCUT2D eigenvalue weighted by Gasteiger charge is -2.09. The Balaban J connectivity index is 1.88. The fourth-order valence-electron chi connectivity index (χ4n) is 1.70. The van der Waals surface area contributed by atoms with E-state index in [0.29, 0.717) is 10.8 Å². The number of aryl methyl sites for hydroxylation is 1. The molecule has 0 bridgehead atoms.